The molecule has 0 aromatic heterocycles. The summed E-state index contributed by atoms with van der Waals surface area (Å²) in [5.41, 5.74) is 0. The van der Waals surface area contributed by atoms with Crippen LogP contribution in [0.2, 0.25) is 0 Å². The first-order chi connectivity index (χ1) is 8.81. The highest BCUT2D eigenvalue weighted by molar-refractivity contribution is 4.85. The third-order valence-corrected chi connectivity index (χ3v) is 4.57. The van der Waals surface area contributed by atoms with Gasteiger partial charge in [-0.3, -0.25) is 4.90 Å². The SMILES string of the molecule is CCCN(CC1CCCNC1)C1CCCCC1O. The first-order valence-electron chi connectivity index (χ1n) is 7.94. The monoisotopic (exact) mass is 254 g/mol. The van der Waals surface area contributed by atoms with Crippen LogP contribution in [0.1, 0.15) is 51.9 Å². The second-order valence-corrected chi connectivity index (χ2v) is 6.13. The van der Waals surface area contributed by atoms with Crippen LogP contribution in [0.15, 0.2) is 0 Å². The lowest BCUT2D eigenvalue weighted by molar-refractivity contribution is 0.0108. The lowest BCUT2D eigenvalue weighted by Crippen LogP contribution is -2.49. The number of hydrogen-bond donors (Lipinski definition) is 2. The summed E-state index contributed by atoms with van der Waals surface area (Å²) in [6.07, 6.45) is 8.50. The number of aliphatic hydroxyl groups is 1. The molecule has 0 radical (unpaired) electrons. The summed E-state index contributed by atoms with van der Waals surface area (Å²) in [6.45, 7) is 6.95. The number of hydrogen-bond acceptors (Lipinski definition) is 3. The zero-order valence-electron chi connectivity index (χ0n) is 11.9. The van der Waals surface area contributed by atoms with Crippen LogP contribution in [0, 0.1) is 5.92 Å². The van der Waals surface area contributed by atoms with Gasteiger partial charge in [-0.1, -0.05) is 19.8 Å². The van der Waals surface area contributed by atoms with Crippen LogP contribution in [0.25, 0.3) is 0 Å². The number of rotatable bonds is 5. The maximum atomic E-state index is 10.2. The third-order valence-electron chi connectivity index (χ3n) is 4.57. The molecule has 0 spiro atoms. The van der Waals surface area contributed by atoms with E-state index in [1.165, 1.54) is 58.2 Å². The second-order valence-electron chi connectivity index (χ2n) is 6.13. The van der Waals surface area contributed by atoms with E-state index in [0.717, 1.165) is 18.9 Å². The van der Waals surface area contributed by atoms with E-state index in [0.29, 0.717) is 6.04 Å². The Morgan fingerprint density at radius 2 is 2.00 bits per heavy atom. The van der Waals surface area contributed by atoms with E-state index >= 15 is 0 Å². The zero-order valence-corrected chi connectivity index (χ0v) is 11.9. The third kappa shape index (κ3) is 3.94. The number of nitrogens with zero attached hydrogens (tertiary/aromatic N) is 1. The first-order valence-corrected chi connectivity index (χ1v) is 7.94. The maximum Gasteiger partial charge on any atom is 0.0695 e. The Bertz CT molecular complexity index is 229. The van der Waals surface area contributed by atoms with Gasteiger partial charge in [0.1, 0.15) is 0 Å². The highest BCUT2D eigenvalue weighted by Gasteiger charge is 2.29. The Balaban J connectivity index is 1.88. The van der Waals surface area contributed by atoms with Crippen LogP contribution in [-0.2, 0) is 0 Å². The minimum atomic E-state index is -0.0816. The van der Waals surface area contributed by atoms with Gasteiger partial charge in [0, 0.05) is 12.6 Å². The van der Waals surface area contributed by atoms with E-state index < -0.39 is 0 Å². The lowest BCUT2D eigenvalue weighted by Gasteiger charge is -2.40. The predicted octanol–water partition coefficient (Wildman–Crippen LogP) is 2.00. The first kappa shape index (κ1) is 14.3. The van der Waals surface area contributed by atoms with Crippen molar-refractivity contribution < 1.29 is 5.11 Å². The van der Waals surface area contributed by atoms with Crippen LogP contribution >= 0.6 is 0 Å². The molecule has 1 saturated heterocycles. The van der Waals surface area contributed by atoms with Crippen molar-refractivity contribution in [2.24, 2.45) is 5.92 Å². The molecule has 2 N–H and O–H groups in total. The van der Waals surface area contributed by atoms with E-state index in [-0.39, 0.29) is 6.10 Å². The zero-order chi connectivity index (χ0) is 12.8. The molecule has 3 unspecified atom stereocenters. The maximum absolute atomic E-state index is 10.2. The van der Waals surface area contributed by atoms with E-state index in [9.17, 15) is 5.11 Å². The highest BCUT2D eigenvalue weighted by Crippen LogP contribution is 2.25. The molecular formula is C15H30N2O. The van der Waals surface area contributed by atoms with Crippen LogP contribution in [-0.4, -0.2) is 48.3 Å². The Hall–Kier alpha value is -0.120. The summed E-state index contributed by atoms with van der Waals surface area (Å²) in [5.74, 6) is 0.791. The molecule has 1 aliphatic carbocycles. The van der Waals surface area contributed by atoms with Crippen LogP contribution < -0.4 is 5.32 Å². The van der Waals surface area contributed by atoms with Gasteiger partial charge in [-0.05, 0) is 57.7 Å². The van der Waals surface area contributed by atoms with Crippen LogP contribution in [0.3, 0.4) is 0 Å². The van der Waals surface area contributed by atoms with E-state index in [4.69, 9.17) is 0 Å². The van der Waals surface area contributed by atoms with Gasteiger partial charge in [-0.15, -0.1) is 0 Å². The fourth-order valence-corrected chi connectivity index (χ4v) is 3.61. The summed E-state index contributed by atoms with van der Waals surface area (Å²) in [7, 11) is 0. The van der Waals surface area contributed by atoms with Gasteiger partial charge in [0.25, 0.3) is 0 Å². The second kappa shape index (κ2) is 7.46. The molecule has 0 bridgehead atoms. The molecule has 0 aromatic rings. The molecule has 3 nitrogen and oxygen atoms in total. The molecule has 0 aromatic carbocycles. The molecule has 1 saturated carbocycles. The predicted molar refractivity (Wildman–Crippen MR) is 75.7 cm³/mol. The van der Waals surface area contributed by atoms with Crippen molar-refractivity contribution in [3.8, 4) is 0 Å². The van der Waals surface area contributed by atoms with Gasteiger partial charge in [0.05, 0.1) is 6.10 Å². The van der Waals surface area contributed by atoms with Crippen molar-refractivity contribution in [3.63, 3.8) is 0 Å². The smallest absolute Gasteiger partial charge is 0.0695 e. The fourth-order valence-electron chi connectivity index (χ4n) is 3.61. The van der Waals surface area contributed by atoms with Crippen molar-refractivity contribution >= 4 is 0 Å². The van der Waals surface area contributed by atoms with Crippen LogP contribution in [0.5, 0.6) is 0 Å². The molecule has 3 atom stereocenters. The average Bonchev–Trinajstić information content (AvgIpc) is 2.40. The van der Waals surface area contributed by atoms with Gasteiger partial charge < -0.3 is 10.4 Å². The molecular weight excluding hydrogens is 224 g/mol. The Kier molecular flexibility index (Phi) is 5.93. The van der Waals surface area contributed by atoms with Gasteiger partial charge in [-0.25, -0.2) is 0 Å². The average molecular weight is 254 g/mol. The fraction of sp³-hybridized carbons (Fsp3) is 1.00. The largest absolute Gasteiger partial charge is 0.391 e. The van der Waals surface area contributed by atoms with Gasteiger partial charge in [-0.2, -0.15) is 0 Å². The quantitative estimate of drug-likeness (QED) is 0.788. The number of piperidine rings is 1. The highest BCUT2D eigenvalue weighted by atomic mass is 16.3. The molecule has 3 heteroatoms. The summed E-state index contributed by atoms with van der Waals surface area (Å²) in [6, 6.07) is 0.431. The van der Waals surface area contributed by atoms with Crippen molar-refractivity contribution in [2.45, 2.75) is 64.0 Å². The van der Waals surface area contributed by atoms with E-state index in [1.807, 2.05) is 0 Å². The molecule has 2 aliphatic rings. The summed E-state index contributed by atoms with van der Waals surface area (Å²) < 4.78 is 0. The molecule has 1 heterocycles. The van der Waals surface area contributed by atoms with Gasteiger partial charge >= 0.3 is 0 Å². The standard InChI is InChI=1S/C15H30N2O/c1-2-10-17(12-13-6-5-9-16-11-13)14-7-3-4-8-15(14)18/h13-16,18H,2-12H2,1H3. The summed E-state index contributed by atoms with van der Waals surface area (Å²) in [5, 5.41) is 13.7. The molecule has 2 rings (SSSR count). The molecule has 18 heavy (non-hydrogen) atoms. The Labute approximate surface area is 112 Å². The summed E-state index contributed by atoms with van der Waals surface area (Å²) >= 11 is 0. The molecule has 0 amide bonds. The van der Waals surface area contributed by atoms with Crippen LogP contribution in [0.4, 0.5) is 0 Å². The normalized spacial score (nSPS) is 33.8. The molecule has 1 aliphatic heterocycles. The number of nitrogens with one attached hydrogen (secondary N) is 1. The van der Waals surface area contributed by atoms with Gasteiger partial charge in [0.15, 0.2) is 0 Å². The minimum absolute atomic E-state index is 0.0816. The van der Waals surface area contributed by atoms with Crippen molar-refractivity contribution in [1.29, 1.82) is 0 Å². The lowest BCUT2D eigenvalue weighted by atomic mass is 9.89. The molecule has 2 fully saturated rings. The number of aliphatic hydroxyl groups excluding tert-OH is 1. The Morgan fingerprint density at radius 1 is 1.17 bits per heavy atom. The topological polar surface area (TPSA) is 35.5 Å². The van der Waals surface area contributed by atoms with E-state index in [2.05, 4.69) is 17.1 Å². The van der Waals surface area contributed by atoms with Gasteiger partial charge in [0.2, 0.25) is 0 Å². The van der Waals surface area contributed by atoms with E-state index in [1.54, 1.807) is 0 Å². The Morgan fingerprint density at radius 3 is 2.67 bits per heavy atom. The molecule has 106 valence electrons. The minimum Gasteiger partial charge on any atom is -0.391 e. The van der Waals surface area contributed by atoms with Crippen molar-refractivity contribution in [3.05, 3.63) is 0 Å². The van der Waals surface area contributed by atoms with Crippen molar-refractivity contribution in [1.82, 2.24) is 10.2 Å². The summed E-state index contributed by atoms with van der Waals surface area (Å²) in [4.78, 5) is 2.58. The van der Waals surface area contributed by atoms with Crippen molar-refractivity contribution in [2.75, 3.05) is 26.2 Å².